The minimum atomic E-state index is -0.413. The average Bonchev–Trinajstić information content (AvgIpc) is 2.92. The Balaban J connectivity index is 2.12. The first kappa shape index (κ1) is 18.3. The van der Waals surface area contributed by atoms with Gasteiger partial charge in [-0.15, -0.1) is 6.58 Å². The molecule has 0 fully saturated rings. The van der Waals surface area contributed by atoms with Gasteiger partial charge in [0.1, 0.15) is 17.2 Å². The Morgan fingerprint density at radius 3 is 2.52 bits per heavy atom. The van der Waals surface area contributed by atoms with Gasteiger partial charge in [0.05, 0.1) is 19.8 Å². The third-order valence-electron chi connectivity index (χ3n) is 4.20. The number of nitrogens with one attached hydrogen (secondary N) is 1. The number of anilines is 1. The highest BCUT2D eigenvalue weighted by molar-refractivity contribution is 6.37. The summed E-state index contributed by atoms with van der Waals surface area (Å²) in [6, 6.07) is 14.2. The van der Waals surface area contributed by atoms with Crippen molar-refractivity contribution >= 4 is 23.1 Å². The number of imide groups is 1. The SMILES string of the molecule is C=CCN1C(=O)C(Nc2cccc(OC)c2)=C(c2ccccc2OC)C1=O. The molecule has 2 aromatic carbocycles. The molecule has 6 heteroatoms. The lowest BCUT2D eigenvalue weighted by Crippen LogP contribution is -2.32. The number of carbonyl (C=O) groups excluding carboxylic acids is 2. The van der Waals surface area contributed by atoms with Crippen LogP contribution in [0.3, 0.4) is 0 Å². The van der Waals surface area contributed by atoms with E-state index in [-0.39, 0.29) is 17.8 Å². The molecule has 0 radical (unpaired) electrons. The first-order valence-electron chi connectivity index (χ1n) is 8.36. The molecule has 0 spiro atoms. The summed E-state index contributed by atoms with van der Waals surface area (Å²) in [5.41, 5.74) is 1.65. The molecular formula is C21H20N2O4. The Morgan fingerprint density at radius 1 is 1.04 bits per heavy atom. The highest BCUT2D eigenvalue weighted by Crippen LogP contribution is 2.35. The van der Waals surface area contributed by atoms with Gasteiger partial charge in [0.25, 0.3) is 11.8 Å². The van der Waals surface area contributed by atoms with Gasteiger partial charge in [0.2, 0.25) is 0 Å². The van der Waals surface area contributed by atoms with Crippen molar-refractivity contribution in [3.8, 4) is 11.5 Å². The van der Waals surface area contributed by atoms with E-state index in [0.717, 1.165) is 4.90 Å². The van der Waals surface area contributed by atoms with Crippen LogP contribution in [0.15, 0.2) is 66.9 Å². The summed E-state index contributed by atoms with van der Waals surface area (Å²) in [6.07, 6.45) is 1.52. The first-order valence-corrected chi connectivity index (χ1v) is 8.36. The third kappa shape index (κ3) is 3.42. The molecule has 3 rings (SSSR count). The van der Waals surface area contributed by atoms with Gasteiger partial charge in [-0.2, -0.15) is 0 Å². The van der Waals surface area contributed by atoms with E-state index >= 15 is 0 Å². The summed E-state index contributed by atoms with van der Waals surface area (Å²) < 4.78 is 10.6. The Hall–Kier alpha value is -3.54. The summed E-state index contributed by atoms with van der Waals surface area (Å²) >= 11 is 0. The van der Waals surface area contributed by atoms with Gasteiger partial charge >= 0.3 is 0 Å². The van der Waals surface area contributed by atoms with Crippen molar-refractivity contribution in [2.45, 2.75) is 0 Å². The zero-order chi connectivity index (χ0) is 19.4. The highest BCUT2D eigenvalue weighted by atomic mass is 16.5. The van der Waals surface area contributed by atoms with E-state index in [9.17, 15) is 9.59 Å². The fourth-order valence-corrected chi connectivity index (χ4v) is 2.93. The summed E-state index contributed by atoms with van der Waals surface area (Å²) in [6.45, 7) is 3.75. The van der Waals surface area contributed by atoms with Crippen molar-refractivity contribution in [3.05, 3.63) is 72.4 Å². The van der Waals surface area contributed by atoms with Gasteiger partial charge in [0, 0.05) is 23.9 Å². The van der Waals surface area contributed by atoms with Crippen molar-refractivity contribution in [1.82, 2.24) is 4.90 Å². The molecule has 27 heavy (non-hydrogen) atoms. The minimum Gasteiger partial charge on any atom is -0.497 e. The minimum absolute atomic E-state index is 0.125. The van der Waals surface area contributed by atoms with Gasteiger partial charge in [-0.3, -0.25) is 14.5 Å². The van der Waals surface area contributed by atoms with E-state index in [4.69, 9.17) is 9.47 Å². The van der Waals surface area contributed by atoms with Gasteiger partial charge in [-0.1, -0.05) is 30.3 Å². The summed E-state index contributed by atoms with van der Waals surface area (Å²) in [4.78, 5) is 27.0. The Kier molecular flexibility index (Phi) is 5.26. The van der Waals surface area contributed by atoms with E-state index in [1.165, 1.54) is 13.2 Å². The summed E-state index contributed by atoms with van der Waals surface area (Å²) in [5.74, 6) is 0.344. The lowest BCUT2D eigenvalue weighted by atomic mass is 10.0. The quantitative estimate of drug-likeness (QED) is 0.604. The number of hydrogen-bond acceptors (Lipinski definition) is 5. The molecule has 1 heterocycles. The molecule has 1 aliphatic rings. The highest BCUT2D eigenvalue weighted by Gasteiger charge is 2.39. The fraction of sp³-hybridized carbons (Fsp3) is 0.143. The zero-order valence-corrected chi connectivity index (χ0v) is 15.2. The number of hydrogen-bond donors (Lipinski definition) is 1. The van der Waals surface area contributed by atoms with Crippen LogP contribution in [-0.4, -0.2) is 37.5 Å². The predicted molar refractivity (Wildman–Crippen MR) is 103 cm³/mol. The molecule has 0 atom stereocenters. The lowest BCUT2D eigenvalue weighted by Gasteiger charge is -2.13. The van der Waals surface area contributed by atoms with Gasteiger partial charge < -0.3 is 14.8 Å². The second-order valence-electron chi connectivity index (χ2n) is 5.82. The molecule has 138 valence electrons. The number of methoxy groups -OCH3 is 2. The molecule has 2 amide bonds. The van der Waals surface area contributed by atoms with Crippen molar-refractivity contribution in [1.29, 1.82) is 0 Å². The third-order valence-corrected chi connectivity index (χ3v) is 4.20. The Morgan fingerprint density at radius 2 is 1.81 bits per heavy atom. The normalized spacial score (nSPS) is 13.8. The van der Waals surface area contributed by atoms with Crippen LogP contribution in [-0.2, 0) is 9.59 Å². The second kappa shape index (κ2) is 7.78. The molecule has 0 aromatic heterocycles. The van der Waals surface area contributed by atoms with Crippen molar-refractivity contribution in [2.24, 2.45) is 0 Å². The molecular weight excluding hydrogens is 344 g/mol. The standard InChI is InChI=1S/C21H20N2O4/c1-4-12-23-20(24)18(16-10-5-6-11-17(16)27-3)19(21(23)25)22-14-8-7-9-15(13-14)26-2/h4-11,13,22H,1,12H2,2-3H3. The van der Waals surface area contributed by atoms with E-state index in [1.54, 1.807) is 55.6 Å². The number of benzene rings is 2. The molecule has 0 bridgehead atoms. The number of ether oxygens (including phenoxy) is 2. The van der Waals surface area contributed by atoms with Gasteiger partial charge in [0.15, 0.2) is 0 Å². The molecule has 1 aliphatic heterocycles. The second-order valence-corrected chi connectivity index (χ2v) is 5.82. The van der Waals surface area contributed by atoms with Crippen LogP contribution in [0, 0.1) is 0 Å². The topological polar surface area (TPSA) is 67.9 Å². The van der Waals surface area contributed by atoms with E-state index in [1.807, 2.05) is 0 Å². The van der Waals surface area contributed by atoms with Crippen molar-refractivity contribution in [3.63, 3.8) is 0 Å². The van der Waals surface area contributed by atoms with E-state index in [0.29, 0.717) is 22.7 Å². The molecule has 1 N–H and O–H groups in total. The zero-order valence-electron chi connectivity index (χ0n) is 15.2. The monoisotopic (exact) mass is 364 g/mol. The van der Waals surface area contributed by atoms with Crippen LogP contribution in [0.25, 0.3) is 5.57 Å². The maximum atomic E-state index is 13.0. The molecule has 0 saturated heterocycles. The Bertz CT molecular complexity index is 933. The number of rotatable bonds is 7. The van der Waals surface area contributed by atoms with Crippen molar-refractivity contribution in [2.75, 3.05) is 26.1 Å². The smallest absolute Gasteiger partial charge is 0.278 e. The maximum Gasteiger partial charge on any atom is 0.278 e. The van der Waals surface area contributed by atoms with Crippen LogP contribution in [0.4, 0.5) is 5.69 Å². The number of nitrogens with zero attached hydrogens (tertiary/aromatic N) is 1. The van der Waals surface area contributed by atoms with Crippen LogP contribution in [0.5, 0.6) is 11.5 Å². The summed E-state index contributed by atoms with van der Waals surface area (Å²) in [7, 11) is 3.09. The molecule has 0 unspecified atom stereocenters. The number of carbonyl (C=O) groups is 2. The van der Waals surface area contributed by atoms with Crippen LogP contribution >= 0.6 is 0 Å². The molecule has 2 aromatic rings. The van der Waals surface area contributed by atoms with Crippen molar-refractivity contribution < 1.29 is 19.1 Å². The predicted octanol–water partition coefficient (Wildman–Crippen LogP) is 3.08. The van der Waals surface area contributed by atoms with Gasteiger partial charge in [-0.25, -0.2) is 0 Å². The van der Waals surface area contributed by atoms with Crippen LogP contribution < -0.4 is 14.8 Å². The number of para-hydroxylation sites is 1. The average molecular weight is 364 g/mol. The number of amides is 2. The molecule has 6 nitrogen and oxygen atoms in total. The molecule has 0 aliphatic carbocycles. The fourth-order valence-electron chi connectivity index (χ4n) is 2.93. The molecule has 0 saturated carbocycles. The summed E-state index contributed by atoms with van der Waals surface area (Å²) in [5, 5.41) is 3.08. The largest absolute Gasteiger partial charge is 0.497 e. The van der Waals surface area contributed by atoms with E-state index < -0.39 is 11.8 Å². The Labute approximate surface area is 157 Å². The van der Waals surface area contributed by atoms with Crippen LogP contribution in [0.1, 0.15) is 5.56 Å². The first-order chi connectivity index (χ1) is 13.1. The maximum absolute atomic E-state index is 13.0. The van der Waals surface area contributed by atoms with E-state index in [2.05, 4.69) is 11.9 Å². The lowest BCUT2D eigenvalue weighted by molar-refractivity contribution is -0.136. The van der Waals surface area contributed by atoms with Crippen LogP contribution in [0.2, 0.25) is 0 Å². The van der Waals surface area contributed by atoms with Gasteiger partial charge in [-0.05, 0) is 18.2 Å².